The van der Waals surface area contributed by atoms with Gasteiger partial charge in [-0.2, -0.15) is 9.97 Å². The molecule has 2 aromatic heterocycles. The van der Waals surface area contributed by atoms with Crippen molar-refractivity contribution in [3.05, 3.63) is 24.3 Å². The lowest BCUT2D eigenvalue weighted by atomic mass is 10.2. The van der Waals surface area contributed by atoms with E-state index in [2.05, 4.69) is 43.5 Å². The SMILES string of the molecule is Cl.c1ccc2c(c1)c1c(N3CCCC3)nc(N3CCCC3)nc1n2CCN1CCOCC1. The highest BCUT2D eigenvalue weighted by Gasteiger charge is 2.26. The van der Waals surface area contributed by atoms with Crippen molar-refractivity contribution in [3.63, 3.8) is 0 Å². The minimum absolute atomic E-state index is 0. The number of para-hydroxylation sites is 1. The maximum atomic E-state index is 5.54. The van der Waals surface area contributed by atoms with Crippen LogP contribution >= 0.6 is 12.4 Å². The molecule has 3 saturated heterocycles. The fourth-order valence-corrected chi connectivity index (χ4v) is 5.41. The standard InChI is InChI=1S/C24H32N6O.ClH/c1-2-8-20-19(7-1)21-22(28-9-3-4-10-28)25-24(29-11-5-6-12-29)26-23(21)30(20)14-13-27-15-17-31-18-16-27;/h1-2,7-8H,3-6,9-18H2;1H. The van der Waals surface area contributed by atoms with Crippen LogP contribution in [0.3, 0.4) is 0 Å². The summed E-state index contributed by atoms with van der Waals surface area (Å²) >= 11 is 0. The van der Waals surface area contributed by atoms with Gasteiger partial charge < -0.3 is 19.1 Å². The number of morpholine rings is 1. The third-order valence-electron chi connectivity index (χ3n) is 7.12. The second-order valence-corrected chi connectivity index (χ2v) is 9.06. The fourth-order valence-electron chi connectivity index (χ4n) is 5.41. The first kappa shape index (κ1) is 21.7. The van der Waals surface area contributed by atoms with Crippen molar-refractivity contribution in [2.24, 2.45) is 0 Å². The van der Waals surface area contributed by atoms with Crippen LogP contribution in [-0.2, 0) is 11.3 Å². The lowest BCUT2D eigenvalue weighted by Crippen LogP contribution is -2.38. The molecule has 0 unspecified atom stereocenters. The Kier molecular flexibility index (Phi) is 6.40. The summed E-state index contributed by atoms with van der Waals surface area (Å²) in [4.78, 5) is 17.8. The Morgan fingerprint density at radius 1 is 0.781 bits per heavy atom. The third-order valence-corrected chi connectivity index (χ3v) is 7.12. The summed E-state index contributed by atoms with van der Waals surface area (Å²) < 4.78 is 7.99. The van der Waals surface area contributed by atoms with Crippen LogP contribution in [-0.4, -0.2) is 78.5 Å². The first-order chi connectivity index (χ1) is 15.4. The van der Waals surface area contributed by atoms with Gasteiger partial charge in [0.05, 0.1) is 24.1 Å². The van der Waals surface area contributed by atoms with Crippen LogP contribution in [0.4, 0.5) is 11.8 Å². The van der Waals surface area contributed by atoms with Gasteiger partial charge in [0.25, 0.3) is 0 Å². The minimum Gasteiger partial charge on any atom is -0.379 e. The summed E-state index contributed by atoms with van der Waals surface area (Å²) in [6.07, 6.45) is 4.97. The Morgan fingerprint density at radius 2 is 1.47 bits per heavy atom. The fraction of sp³-hybridized carbons (Fsp3) is 0.583. The topological polar surface area (TPSA) is 49.7 Å². The average Bonchev–Trinajstić information content (AvgIpc) is 3.59. The minimum atomic E-state index is 0. The van der Waals surface area contributed by atoms with E-state index in [4.69, 9.17) is 14.7 Å². The van der Waals surface area contributed by atoms with Crippen molar-refractivity contribution >= 4 is 46.1 Å². The normalized spacial score (nSPS) is 19.9. The van der Waals surface area contributed by atoms with Crippen LogP contribution < -0.4 is 9.80 Å². The molecule has 8 heteroatoms. The van der Waals surface area contributed by atoms with Crippen molar-refractivity contribution < 1.29 is 4.74 Å². The molecule has 0 atom stereocenters. The molecule has 0 bridgehead atoms. The van der Waals surface area contributed by atoms with Gasteiger partial charge in [-0.05, 0) is 31.7 Å². The van der Waals surface area contributed by atoms with Crippen LogP contribution in [0.2, 0.25) is 0 Å². The molecule has 172 valence electrons. The number of benzene rings is 1. The summed E-state index contributed by atoms with van der Waals surface area (Å²) in [5.74, 6) is 2.06. The molecule has 1 aromatic carbocycles. The van der Waals surface area contributed by atoms with Crippen LogP contribution in [0.15, 0.2) is 24.3 Å². The number of fused-ring (bicyclic) bond motifs is 3. The summed E-state index contributed by atoms with van der Waals surface area (Å²) in [7, 11) is 0. The molecule has 3 aliphatic heterocycles. The molecule has 0 amide bonds. The van der Waals surface area contributed by atoms with Crippen LogP contribution in [0.1, 0.15) is 25.7 Å². The first-order valence-corrected chi connectivity index (χ1v) is 12.0. The van der Waals surface area contributed by atoms with Gasteiger partial charge in [0.2, 0.25) is 5.95 Å². The zero-order chi connectivity index (χ0) is 20.6. The molecule has 0 N–H and O–H groups in total. The van der Waals surface area contributed by atoms with E-state index < -0.39 is 0 Å². The highest BCUT2D eigenvalue weighted by Crippen LogP contribution is 2.37. The van der Waals surface area contributed by atoms with E-state index in [0.717, 1.165) is 83.0 Å². The third kappa shape index (κ3) is 3.91. The van der Waals surface area contributed by atoms with Crippen LogP contribution in [0, 0.1) is 0 Å². The number of halogens is 1. The van der Waals surface area contributed by atoms with E-state index in [1.165, 1.54) is 42.0 Å². The van der Waals surface area contributed by atoms with Crippen molar-refractivity contribution in [1.29, 1.82) is 0 Å². The quantitative estimate of drug-likeness (QED) is 0.585. The molecule has 0 saturated carbocycles. The Morgan fingerprint density at radius 3 is 2.22 bits per heavy atom. The zero-order valence-electron chi connectivity index (χ0n) is 18.7. The number of hydrogen-bond acceptors (Lipinski definition) is 6. The zero-order valence-corrected chi connectivity index (χ0v) is 19.5. The lowest BCUT2D eigenvalue weighted by Gasteiger charge is -2.27. The van der Waals surface area contributed by atoms with E-state index >= 15 is 0 Å². The van der Waals surface area contributed by atoms with Crippen molar-refractivity contribution in [2.45, 2.75) is 32.2 Å². The van der Waals surface area contributed by atoms with Crippen molar-refractivity contribution in [1.82, 2.24) is 19.4 Å². The van der Waals surface area contributed by atoms with Gasteiger partial charge in [0.1, 0.15) is 11.5 Å². The Labute approximate surface area is 195 Å². The largest absolute Gasteiger partial charge is 0.379 e. The Balaban J connectivity index is 0.00000216. The summed E-state index contributed by atoms with van der Waals surface area (Å²) in [6.45, 7) is 10.0. The van der Waals surface area contributed by atoms with Gasteiger partial charge in [-0.3, -0.25) is 4.90 Å². The predicted octanol–water partition coefficient (Wildman–Crippen LogP) is 3.54. The smallest absolute Gasteiger partial charge is 0.229 e. The maximum Gasteiger partial charge on any atom is 0.229 e. The second-order valence-electron chi connectivity index (χ2n) is 9.06. The molecule has 7 nitrogen and oxygen atoms in total. The van der Waals surface area contributed by atoms with E-state index in [1.807, 2.05) is 0 Å². The maximum absolute atomic E-state index is 5.54. The van der Waals surface area contributed by atoms with Gasteiger partial charge in [-0.15, -0.1) is 12.4 Å². The lowest BCUT2D eigenvalue weighted by molar-refractivity contribution is 0.0366. The summed E-state index contributed by atoms with van der Waals surface area (Å²) in [6, 6.07) is 8.80. The number of ether oxygens (including phenoxy) is 1. The number of nitrogens with zero attached hydrogens (tertiary/aromatic N) is 6. The molecule has 6 rings (SSSR count). The molecular formula is C24H33ClN6O. The first-order valence-electron chi connectivity index (χ1n) is 12.0. The Hall–Kier alpha value is -2.09. The van der Waals surface area contributed by atoms with E-state index in [1.54, 1.807) is 0 Å². The second kappa shape index (κ2) is 9.41. The van der Waals surface area contributed by atoms with Gasteiger partial charge in [0, 0.05) is 57.7 Å². The number of hydrogen-bond donors (Lipinski definition) is 0. The summed E-state index contributed by atoms with van der Waals surface area (Å²) in [5, 5.41) is 2.52. The number of aromatic nitrogens is 3. The van der Waals surface area contributed by atoms with Crippen LogP contribution in [0.25, 0.3) is 21.9 Å². The van der Waals surface area contributed by atoms with Gasteiger partial charge >= 0.3 is 0 Å². The summed E-state index contributed by atoms with van der Waals surface area (Å²) in [5.41, 5.74) is 2.38. The molecule has 0 aliphatic carbocycles. The van der Waals surface area contributed by atoms with Crippen molar-refractivity contribution in [2.75, 3.05) is 68.8 Å². The molecule has 0 radical (unpaired) electrons. The molecule has 3 aliphatic rings. The van der Waals surface area contributed by atoms with E-state index in [9.17, 15) is 0 Å². The number of rotatable bonds is 5. The average molecular weight is 457 g/mol. The monoisotopic (exact) mass is 456 g/mol. The predicted molar refractivity (Wildman–Crippen MR) is 132 cm³/mol. The highest BCUT2D eigenvalue weighted by molar-refractivity contribution is 6.12. The van der Waals surface area contributed by atoms with Gasteiger partial charge in [-0.25, -0.2) is 0 Å². The Bertz CT molecular complexity index is 1070. The van der Waals surface area contributed by atoms with Gasteiger partial charge in [-0.1, -0.05) is 18.2 Å². The molecule has 3 aromatic rings. The molecular weight excluding hydrogens is 424 g/mol. The van der Waals surface area contributed by atoms with Gasteiger partial charge in [0.15, 0.2) is 0 Å². The molecule has 3 fully saturated rings. The highest BCUT2D eigenvalue weighted by atomic mass is 35.5. The van der Waals surface area contributed by atoms with E-state index in [-0.39, 0.29) is 12.4 Å². The number of anilines is 2. The molecule has 32 heavy (non-hydrogen) atoms. The molecule has 0 spiro atoms. The molecule has 5 heterocycles. The van der Waals surface area contributed by atoms with E-state index in [0.29, 0.717) is 0 Å². The van der Waals surface area contributed by atoms with Crippen molar-refractivity contribution in [3.8, 4) is 0 Å². The van der Waals surface area contributed by atoms with Crippen LogP contribution in [0.5, 0.6) is 0 Å².